The summed E-state index contributed by atoms with van der Waals surface area (Å²) in [5.74, 6) is 0. The molecule has 0 saturated heterocycles. The fourth-order valence-electron chi connectivity index (χ4n) is 2.03. The molecule has 0 N–H and O–H groups in total. The van der Waals surface area contributed by atoms with E-state index >= 15 is 0 Å². The van der Waals surface area contributed by atoms with E-state index in [1.165, 1.54) is 12.8 Å². The molecule has 1 heteroatoms. The summed E-state index contributed by atoms with van der Waals surface area (Å²) in [6.07, 6.45) is 16.2. The summed E-state index contributed by atoms with van der Waals surface area (Å²) in [6, 6.07) is 0. The Bertz CT molecular complexity index is 304. The number of hydrogen-bond acceptors (Lipinski definition) is 0. The Morgan fingerprint density at radius 3 is 1.77 bits per heavy atom. The van der Waals surface area contributed by atoms with Gasteiger partial charge in [-0.1, -0.05) is 0 Å². The third-order valence-corrected chi connectivity index (χ3v) is 12.9. The van der Waals surface area contributed by atoms with E-state index in [1.54, 1.807) is 6.56 Å². The largest absolute Gasteiger partial charge is 1.00 e. The molecule has 70 valence electrons. The average Bonchev–Trinajstić information content (AvgIpc) is 2.78. The summed E-state index contributed by atoms with van der Waals surface area (Å²) in [7, 11) is 0. The van der Waals surface area contributed by atoms with Gasteiger partial charge in [0.25, 0.3) is 0 Å². The monoisotopic (exact) mass is 252 g/mol. The van der Waals surface area contributed by atoms with Gasteiger partial charge in [-0.05, 0) is 0 Å². The Morgan fingerprint density at radius 1 is 1.00 bits per heavy atom. The Balaban J connectivity index is 0.000000980. The molecule has 13 heavy (non-hydrogen) atoms. The fourth-order valence-corrected chi connectivity index (χ4v) is 8.65. The Kier molecular flexibility index (Phi) is 2.56. The molecule has 2 aliphatic carbocycles. The average molecular weight is 254 g/mol. The van der Waals surface area contributed by atoms with Crippen molar-refractivity contribution in [3.05, 3.63) is 43.0 Å². The maximum Gasteiger partial charge on any atom is -1.00 e. The maximum absolute atomic E-state index is 2.53. The van der Waals surface area contributed by atoms with E-state index < -0.39 is 20.3 Å². The normalized spacial score (nSPS) is 19.5. The molecule has 0 bridgehead atoms. The Labute approximate surface area is 88.1 Å². The second-order valence-electron chi connectivity index (χ2n) is 4.27. The molecule has 0 aromatic rings. The second-order valence-corrected chi connectivity index (χ2v) is 15.4. The Morgan fingerprint density at radius 2 is 1.46 bits per heavy atom. The van der Waals surface area contributed by atoms with E-state index in [9.17, 15) is 0 Å². The van der Waals surface area contributed by atoms with E-state index in [-0.39, 0.29) is 2.85 Å². The summed E-state index contributed by atoms with van der Waals surface area (Å²) in [4.78, 5) is 0. The van der Waals surface area contributed by atoms with Gasteiger partial charge in [0.2, 0.25) is 0 Å². The summed E-state index contributed by atoms with van der Waals surface area (Å²) in [5, 5.41) is 0. The van der Waals surface area contributed by atoms with Crippen molar-refractivity contribution >= 4 is 0 Å². The van der Waals surface area contributed by atoms with E-state index in [1.807, 2.05) is 0 Å². The molecule has 0 aliphatic heterocycles. The van der Waals surface area contributed by atoms with Crippen LogP contribution in [0.15, 0.2) is 43.0 Å². The zero-order valence-electron chi connectivity index (χ0n) is 10.4. The van der Waals surface area contributed by atoms with Crippen molar-refractivity contribution in [3.63, 3.8) is 0 Å². The molecule has 0 amide bonds. The van der Waals surface area contributed by atoms with Gasteiger partial charge in [0.05, 0.1) is 0 Å². The zero-order chi connectivity index (χ0) is 9.31. The summed E-state index contributed by atoms with van der Waals surface area (Å²) in [6.45, 7) is 0. The molecule has 0 atom stereocenters. The van der Waals surface area contributed by atoms with Gasteiger partial charge in [-0.25, -0.2) is 0 Å². The van der Waals surface area contributed by atoms with Crippen LogP contribution in [0.1, 0.15) is 15.7 Å². The SMILES string of the molecule is [CH3][Zr+2]([CH3])([C]1=CC=CC1)[C]1=CC=CC1.[H-].[H-]. The first kappa shape index (κ1) is 9.40. The van der Waals surface area contributed by atoms with Crippen LogP contribution in [-0.2, 0) is 20.3 Å². The van der Waals surface area contributed by atoms with E-state index in [2.05, 4.69) is 45.7 Å². The smallest absolute Gasteiger partial charge is 1.00 e. The molecular weight excluding hydrogens is 235 g/mol. The standard InChI is InChI=1S/2C5H5.2CH3.Zr.2H/c2*1-2-4-5-3-1;;;;;/h2*1-3H,4H2;2*1H3;;;/q;;;;+2;2*-1. The van der Waals surface area contributed by atoms with Gasteiger partial charge in [0, 0.05) is 0 Å². The molecular formula is C12H18Zr. The van der Waals surface area contributed by atoms with Gasteiger partial charge in [-0.3, -0.25) is 0 Å². The van der Waals surface area contributed by atoms with Gasteiger partial charge < -0.3 is 2.85 Å². The third-order valence-electron chi connectivity index (χ3n) is 3.15. The van der Waals surface area contributed by atoms with Gasteiger partial charge in [0.1, 0.15) is 0 Å². The van der Waals surface area contributed by atoms with E-state index in [4.69, 9.17) is 0 Å². The summed E-state index contributed by atoms with van der Waals surface area (Å²) in [5.41, 5.74) is 0. The molecule has 2 rings (SSSR count). The van der Waals surface area contributed by atoms with E-state index in [0.717, 1.165) is 0 Å². The second kappa shape index (κ2) is 3.54. The molecule has 0 heterocycles. The molecule has 0 nitrogen and oxygen atoms in total. The fraction of sp³-hybridized carbons (Fsp3) is 0.333. The minimum absolute atomic E-state index is 0. The molecule has 0 spiro atoms. The van der Waals surface area contributed by atoms with Crippen LogP contribution in [0.2, 0.25) is 9.26 Å². The molecule has 0 fully saturated rings. The number of rotatable bonds is 2. The van der Waals surface area contributed by atoms with Crippen molar-refractivity contribution < 1.29 is 23.1 Å². The zero-order valence-corrected chi connectivity index (χ0v) is 10.8. The van der Waals surface area contributed by atoms with Gasteiger partial charge in [-0.2, -0.15) is 0 Å². The van der Waals surface area contributed by atoms with Crippen molar-refractivity contribution in [3.8, 4) is 0 Å². The van der Waals surface area contributed by atoms with Crippen molar-refractivity contribution in [2.45, 2.75) is 22.1 Å². The quantitative estimate of drug-likeness (QED) is 0.693. The van der Waals surface area contributed by atoms with Gasteiger partial charge in [-0.15, -0.1) is 0 Å². The molecule has 0 aromatic carbocycles. The maximum atomic E-state index is 2.53. The molecule has 0 unspecified atom stereocenters. The number of hydrogen-bond donors (Lipinski definition) is 0. The summed E-state index contributed by atoms with van der Waals surface area (Å²) < 4.78 is 8.58. The van der Waals surface area contributed by atoms with Crippen LogP contribution in [0.4, 0.5) is 0 Å². The van der Waals surface area contributed by atoms with Crippen molar-refractivity contribution in [2.75, 3.05) is 0 Å². The molecule has 0 saturated carbocycles. The topological polar surface area (TPSA) is 0 Å². The first-order chi connectivity index (χ1) is 6.21. The molecule has 0 radical (unpaired) electrons. The van der Waals surface area contributed by atoms with Crippen molar-refractivity contribution in [2.24, 2.45) is 0 Å². The van der Waals surface area contributed by atoms with Crippen LogP contribution in [0, 0.1) is 0 Å². The first-order valence-corrected chi connectivity index (χ1v) is 12.3. The minimum atomic E-state index is -2.01. The van der Waals surface area contributed by atoms with E-state index in [0.29, 0.717) is 0 Å². The van der Waals surface area contributed by atoms with Gasteiger partial charge >= 0.3 is 85.4 Å². The predicted molar refractivity (Wildman–Crippen MR) is 57.6 cm³/mol. The number of allylic oxidation sites excluding steroid dienone is 8. The van der Waals surface area contributed by atoms with Crippen LogP contribution < -0.4 is 0 Å². The molecule has 0 aromatic heterocycles. The van der Waals surface area contributed by atoms with Crippen LogP contribution in [0.5, 0.6) is 0 Å². The van der Waals surface area contributed by atoms with Crippen LogP contribution >= 0.6 is 0 Å². The predicted octanol–water partition coefficient (Wildman–Crippen LogP) is 4.15. The van der Waals surface area contributed by atoms with Crippen molar-refractivity contribution in [1.29, 1.82) is 0 Å². The van der Waals surface area contributed by atoms with Gasteiger partial charge in [0.15, 0.2) is 0 Å². The van der Waals surface area contributed by atoms with Crippen LogP contribution in [0.25, 0.3) is 0 Å². The Hall–Kier alpha value is -0.157. The van der Waals surface area contributed by atoms with Crippen LogP contribution in [0.3, 0.4) is 0 Å². The summed E-state index contributed by atoms with van der Waals surface area (Å²) >= 11 is -2.01. The third kappa shape index (κ3) is 1.72. The van der Waals surface area contributed by atoms with Crippen molar-refractivity contribution in [1.82, 2.24) is 0 Å². The van der Waals surface area contributed by atoms with Crippen LogP contribution in [-0.4, -0.2) is 0 Å². The minimum Gasteiger partial charge on any atom is -1.00 e. The first-order valence-electron chi connectivity index (χ1n) is 4.93. The molecule has 2 aliphatic rings.